The van der Waals surface area contributed by atoms with Crippen LogP contribution in [0.2, 0.25) is 0 Å². The summed E-state index contributed by atoms with van der Waals surface area (Å²) in [7, 11) is 0. The van der Waals surface area contributed by atoms with E-state index in [-0.39, 0.29) is 43.2 Å². The minimum Gasteiger partial charge on any atom is -0.481 e. The van der Waals surface area contributed by atoms with Crippen molar-refractivity contribution in [2.45, 2.75) is 57.0 Å². The number of benzene rings is 2. The summed E-state index contributed by atoms with van der Waals surface area (Å²) in [6.45, 7) is 1.88. The molecule has 174 valence electrons. The maximum Gasteiger partial charge on any atom is 0.407 e. The predicted octanol–water partition coefficient (Wildman–Crippen LogP) is 4.06. The number of carbonyl (C=O) groups is 3. The Hall–Kier alpha value is -3.35. The van der Waals surface area contributed by atoms with Gasteiger partial charge in [0.25, 0.3) is 0 Å². The number of nitrogens with one attached hydrogen (secondary N) is 2. The van der Waals surface area contributed by atoms with Gasteiger partial charge in [0.15, 0.2) is 0 Å². The Kier molecular flexibility index (Phi) is 6.96. The van der Waals surface area contributed by atoms with Crippen molar-refractivity contribution < 1.29 is 24.2 Å². The number of carbonyl (C=O) groups excluding carboxylic acids is 2. The molecule has 2 aromatic carbocycles. The summed E-state index contributed by atoms with van der Waals surface area (Å²) in [6, 6.07) is 15.5. The first-order valence-corrected chi connectivity index (χ1v) is 11.5. The molecule has 0 saturated heterocycles. The molecular weight excluding hydrogens is 420 g/mol. The van der Waals surface area contributed by atoms with Crippen LogP contribution in [0, 0.1) is 5.92 Å². The lowest BCUT2D eigenvalue weighted by Gasteiger charge is -2.34. The van der Waals surface area contributed by atoms with Crippen molar-refractivity contribution in [2.24, 2.45) is 5.92 Å². The molecular formula is C26H30N2O5. The molecule has 2 atom stereocenters. The Labute approximate surface area is 193 Å². The van der Waals surface area contributed by atoms with Crippen LogP contribution < -0.4 is 10.6 Å². The van der Waals surface area contributed by atoms with Gasteiger partial charge in [-0.2, -0.15) is 0 Å². The van der Waals surface area contributed by atoms with Gasteiger partial charge in [0.1, 0.15) is 6.61 Å². The highest BCUT2D eigenvalue weighted by atomic mass is 16.5. The van der Waals surface area contributed by atoms with E-state index in [1.807, 2.05) is 24.3 Å². The zero-order valence-electron chi connectivity index (χ0n) is 18.8. The average molecular weight is 451 g/mol. The zero-order chi connectivity index (χ0) is 23.4. The summed E-state index contributed by atoms with van der Waals surface area (Å²) in [5.74, 6) is -1.02. The molecule has 0 spiro atoms. The van der Waals surface area contributed by atoms with Crippen molar-refractivity contribution in [1.82, 2.24) is 10.6 Å². The minimum atomic E-state index is -0.963. The van der Waals surface area contributed by atoms with E-state index in [1.54, 1.807) is 6.92 Å². The second-order valence-electron chi connectivity index (χ2n) is 9.04. The van der Waals surface area contributed by atoms with Crippen LogP contribution in [0.5, 0.6) is 0 Å². The second kappa shape index (κ2) is 10.1. The van der Waals surface area contributed by atoms with Crippen molar-refractivity contribution in [3.63, 3.8) is 0 Å². The highest BCUT2D eigenvalue weighted by molar-refractivity contribution is 5.80. The van der Waals surface area contributed by atoms with Crippen LogP contribution in [0.25, 0.3) is 11.1 Å². The Morgan fingerprint density at radius 1 is 0.970 bits per heavy atom. The maximum atomic E-state index is 12.7. The molecule has 2 aromatic rings. The number of ether oxygens (including phenoxy) is 1. The summed E-state index contributed by atoms with van der Waals surface area (Å²) >= 11 is 0. The molecule has 0 heterocycles. The fourth-order valence-electron chi connectivity index (χ4n) is 4.82. The van der Waals surface area contributed by atoms with Gasteiger partial charge in [-0.05, 0) is 47.9 Å². The number of rotatable bonds is 9. The lowest BCUT2D eigenvalue weighted by Crippen LogP contribution is -2.47. The molecule has 1 unspecified atom stereocenters. The lowest BCUT2D eigenvalue weighted by molar-refractivity contribution is -0.137. The summed E-state index contributed by atoms with van der Waals surface area (Å²) in [5, 5.41) is 14.5. The number of aliphatic carboxylic acids is 1. The first kappa shape index (κ1) is 22.8. The number of fused-ring (bicyclic) bond motifs is 3. The van der Waals surface area contributed by atoms with Gasteiger partial charge >= 0.3 is 12.1 Å². The molecule has 1 saturated carbocycles. The van der Waals surface area contributed by atoms with Crippen molar-refractivity contribution in [3.05, 3.63) is 59.7 Å². The third kappa shape index (κ3) is 5.35. The smallest absolute Gasteiger partial charge is 0.407 e. The lowest BCUT2D eigenvalue weighted by atomic mass is 9.78. The summed E-state index contributed by atoms with van der Waals surface area (Å²) in [5.41, 5.74) is 4.63. The normalized spacial score (nSPS) is 16.6. The van der Waals surface area contributed by atoms with Gasteiger partial charge in [0.2, 0.25) is 5.91 Å². The fourth-order valence-corrected chi connectivity index (χ4v) is 4.82. The molecule has 3 N–H and O–H groups in total. The number of alkyl carbamates (subject to hydrolysis) is 1. The Morgan fingerprint density at radius 2 is 1.58 bits per heavy atom. The molecule has 2 aliphatic carbocycles. The van der Waals surface area contributed by atoms with Gasteiger partial charge in [-0.1, -0.05) is 55.0 Å². The molecule has 1 fully saturated rings. The van der Waals surface area contributed by atoms with Gasteiger partial charge in [-0.3, -0.25) is 9.59 Å². The average Bonchev–Trinajstić information content (AvgIpc) is 3.04. The van der Waals surface area contributed by atoms with E-state index in [4.69, 9.17) is 9.84 Å². The maximum absolute atomic E-state index is 12.7. The molecule has 4 rings (SSSR count). The fraction of sp³-hybridized carbons (Fsp3) is 0.423. The first-order valence-electron chi connectivity index (χ1n) is 11.5. The highest BCUT2D eigenvalue weighted by Crippen LogP contribution is 2.44. The SMILES string of the molecule is C[C@H](CC(=O)O)NC(=O)CC(NC(=O)OCC1c2ccccc2-c2ccccc21)C1CCC1. The van der Waals surface area contributed by atoms with Crippen LogP contribution in [0.15, 0.2) is 48.5 Å². The van der Waals surface area contributed by atoms with E-state index >= 15 is 0 Å². The Morgan fingerprint density at radius 3 is 2.12 bits per heavy atom. The van der Waals surface area contributed by atoms with Gasteiger partial charge in [0, 0.05) is 24.4 Å². The largest absolute Gasteiger partial charge is 0.481 e. The van der Waals surface area contributed by atoms with E-state index in [0.717, 1.165) is 30.4 Å². The number of amides is 2. The van der Waals surface area contributed by atoms with Gasteiger partial charge in [-0.25, -0.2) is 4.79 Å². The van der Waals surface area contributed by atoms with E-state index in [2.05, 4.69) is 34.9 Å². The standard InChI is InChI=1S/C26H30N2O5/c1-16(13-25(30)31)27-24(29)14-23(17-7-6-8-17)28-26(32)33-15-22-20-11-4-2-9-18(20)19-10-3-5-12-21(19)22/h2-5,9-12,16-17,22-23H,6-8,13-15H2,1H3,(H,27,29)(H,28,32)(H,30,31)/t16-,23?/m1/s1. The first-order chi connectivity index (χ1) is 15.9. The zero-order valence-corrected chi connectivity index (χ0v) is 18.8. The molecule has 0 radical (unpaired) electrons. The second-order valence-corrected chi connectivity index (χ2v) is 9.04. The van der Waals surface area contributed by atoms with E-state index in [9.17, 15) is 14.4 Å². The van der Waals surface area contributed by atoms with Crippen LogP contribution >= 0.6 is 0 Å². The number of hydrogen-bond donors (Lipinski definition) is 3. The number of carboxylic acids is 1. The highest BCUT2D eigenvalue weighted by Gasteiger charge is 2.32. The Bertz CT molecular complexity index is 987. The minimum absolute atomic E-state index is 0.0227. The van der Waals surface area contributed by atoms with Crippen LogP contribution in [0.3, 0.4) is 0 Å². The van der Waals surface area contributed by atoms with Gasteiger partial charge < -0.3 is 20.5 Å². The van der Waals surface area contributed by atoms with E-state index in [1.165, 1.54) is 11.1 Å². The summed E-state index contributed by atoms with van der Waals surface area (Å²) in [6.07, 6.45) is 2.42. The van der Waals surface area contributed by atoms with Gasteiger partial charge in [0.05, 0.1) is 6.42 Å². The monoisotopic (exact) mass is 450 g/mol. The molecule has 0 aliphatic heterocycles. The molecule has 2 aliphatic rings. The van der Waals surface area contributed by atoms with Gasteiger partial charge in [-0.15, -0.1) is 0 Å². The van der Waals surface area contributed by atoms with Crippen LogP contribution in [-0.4, -0.2) is 41.8 Å². The number of hydrogen-bond acceptors (Lipinski definition) is 4. The third-order valence-corrected chi connectivity index (χ3v) is 6.66. The van der Waals surface area contributed by atoms with Crippen LogP contribution in [0.1, 0.15) is 56.1 Å². The molecule has 33 heavy (non-hydrogen) atoms. The molecule has 7 heteroatoms. The third-order valence-electron chi connectivity index (χ3n) is 6.66. The van der Waals surface area contributed by atoms with Crippen molar-refractivity contribution in [3.8, 4) is 11.1 Å². The van der Waals surface area contributed by atoms with Crippen molar-refractivity contribution in [1.29, 1.82) is 0 Å². The topological polar surface area (TPSA) is 105 Å². The summed E-state index contributed by atoms with van der Waals surface area (Å²) < 4.78 is 5.64. The quantitative estimate of drug-likeness (QED) is 0.534. The van der Waals surface area contributed by atoms with Crippen molar-refractivity contribution >= 4 is 18.0 Å². The predicted molar refractivity (Wildman–Crippen MR) is 124 cm³/mol. The molecule has 7 nitrogen and oxygen atoms in total. The molecule has 2 amide bonds. The Balaban J connectivity index is 1.36. The van der Waals surface area contributed by atoms with E-state index < -0.39 is 18.1 Å². The number of carboxylic acid groups (broad SMARTS) is 1. The van der Waals surface area contributed by atoms with Crippen LogP contribution in [-0.2, 0) is 14.3 Å². The van der Waals surface area contributed by atoms with Crippen molar-refractivity contribution in [2.75, 3.05) is 6.61 Å². The summed E-state index contributed by atoms with van der Waals surface area (Å²) in [4.78, 5) is 35.9. The van der Waals surface area contributed by atoms with Crippen LogP contribution in [0.4, 0.5) is 4.79 Å². The molecule has 0 bridgehead atoms. The van der Waals surface area contributed by atoms with E-state index in [0.29, 0.717) is 0 Å². The molecule has 0 aromatic heterocycles.